The first kappa shape index (κ1) is 10.8. The lowest BCUT2D eigenvalue weighted by Crippen LogP contribution is -2.03. The summed E-state index contributed by atoms with van der Waals surface area (Å²) in [7, 11) is 1.45. The highest BCUT2D eigenvalue weighted by Gasteiger charge is 2.17. The van der Waals surface area contributed by atoms with Gasteiger partial charge in [0.05, 0.1) is 11.6 Å². The number of carboxylic acid groups (broad SMARTS) is 1. The summed E-state index contributed by atoms with van der Waals surface area (Å²) in [4.78, 5) is 10.8. The van der Waals surface area contributed by atoms with E-state index in [1.54, 1.807) is 12.1 Å². The third-order valence-electron chi connectivity index (χ3n) is 1.48. The molecule has 13 heavy (non-hydrogen) atoms. The van der Waals surface area contributed by atoms with E-state index in [4.69, 9.17) is 9.84 Å². The van der Waals surface area contributed by atoms with Crippen LogP contribution in [0.4, 0.5) is 0 Å². The first-order chi connectivity index (χ1) is 6.07. The summed E-state index contributed by atoms with van der Waals surface area (Å²) in [5, 5.41) is 8.90. The molecule has 0 atom stereocenters. The van der Waals surface area contributed by atoms with E-state index in [2.05, 4.69) is 15.9 Å². The SMILES string of the molecule is COc1c(Br)ccc(I)c1C(=O)O. The number of carbonyl (C=O) groups is 1. The Morgan fingerprint density at radius 2 is 2.23 bits per heavy atom. The largest absolute Gasteiger partial charge is 0.495 e. The first-order valence-corrected chi connectivity index (χ1v) is 5.20. The van der Waals surface area contributed by atoms with Crippen LogP contribution in [0, 0.1) is 3.57 Å². The predicted molar refractivity (Wildman–Crippen MR) is 60.4 cm³/mol. The Morgan fingerprint density at radius 1 is 1.62 bits per heavy atom. The van der Waals surface area contributed by atoms with Crippen molar-refractivity contribution in [2.24, 2.45) is 0 Å². The molecule has 0 aromatic heterocycles. The van der Waals surface area contributed by atoms with Crippen molar-refractivity contribution in [1.82, 2.24) is 0 Å². The predicted octanol–water partition coefficient (Wildman–Crippen LogP) is 2.76. The van der Waals surface area contributed by atoms with Gasteiger partial charge in [-0.2, -0.15) is 0 Å². The molecule has 0 heterocycles. The summed E-state index contributed by atoms with van der Waals surface area (Å²) < 4.78 is 6.29. The van der Waals surface area contributed by atoms with E-state index in [9.17, 15) is 4.79 Å². The highest BCUT2D eigenvalue weighted by molar-refractivity contribution is 14.1. The van der Waals surface area contributed by atoms with Crippen LogP contribution in [0.2, 0.25) is 0 Å². The number of methoxy groups -OCH3 is 1. The molecule has 1 aromatic rings. The normalized spacial score (nSPS) is 9.77. The minimum absolute atomic E-state index is 0.192. The molecule has 0 aliphatic heterocycles. The second kappa shape index (κ2) is 4.28. The Kier molecular flexibility index (Phi) is 3.55. The molecule has 0 aliphatic rings. The van der Waals surface area contributed by atoms with Gasteiger partial charge < -0.3 is 9.84 Å². The van der Waals surface area contributed by atoms with Crippen molar-refractivity contribution in [2.75, 3.05) is 7.11 Å². The summed E-state index contributed by atoms with van der Waals surface area (Å²) >= 11 is 5.18. The molecule has 0 spiro atoms. The Balaban J connectivity index is 3.43. The van der Waals surface area contributed by atoms with Crippen LogP contribution >= 0.6 is 38.5 Å². The van der Waals surface area contributed by atoms with Crippen molar-refractivity contribution in [3.8, 4) is 5.75 Å². The number of hydrogen-bond acceptors (Lipinski definition) is 2. The molecule has 1 N–H and O–H groups in total. The van der Waals surface area contributed by atoms with E-state index in [0.29, 0.717) is 13.8 Å². The smallest absolute Gasteiger partial charge is 0.340 e. The van der Waals surface area contributed by atoms with Gasteiger partial charge in [-0.1, -0.05) is 0 Å². The van der Waals surface area contributed by atoms with Crippen LogP contribution in [0.5, 0.6) is 5.75 Å². The maximum Gasteiger partial charge on any atom is 0.340 e. The monoisotopic (exact) mass is 356 g/mol. The molecule has 0 saturated heterocycles. The minimum atomic E-state index is -0.984. The van der Waals surface area contributed by atoms with E-state index >= 15 is 0 Å². The molecular weight excluding hydrogens is 351 g/mol. The van der Waals surface area contributed by atoms with Crippen LogP contribution in [0.1, 0.15) is 10.4 Å². The van der Waals surface area contributed by atoms with E-state index in [0.717, 1.165) is 0 Å². The maximum atomic E-state index is 10.8. The van der Waals surface area contributed by atoms with Gasteiger partial charge in [0.2, 0.25) is 0 Å². The van der Waals surface area contributed by atoms with Gasteiger partial charge in [-0.05, 0) is 50.7 Å². The van der Waals surface area contributed by atoms with Crippen molar-refractivity contribution >= 4 is 44.5 Å². The Morgan fingerprint density at radius 3 is 2.62 bits per heavy atom. The van der Waals surface area contributed by atoms with Crippen LogP contribution in [-0.4, -0.2) is 18.2 Å². The van der Waals surface area contributed by atoms with Gasteiger partial charge in [-0.25, -0.2) is 4.79 Å². The molecule has 1 aromatic carbocycles. The summed E-state index contributed by atoms with van der Waals surface area (Å²) in [5.41, 5.74) is 0.192. The average Bonchev–Trinajstić information content (AvgIpc) is 2.07. The number of carboxylic acids is 1. The minimum Gasteiger partial charge on any atom is -0.495 e. The van der Waals surface area contributed by atoms with E-state index in [-0.39, 0.29) is 5.56 Å². The standard InChI is InChI=1S/C8H6BrIO3/c1-13-7-4(9)2-3-5(10)6(7)8(11)12/h2-3H,1H3,(H,11,12). The number of rotatable bonds is 2. The molecule has 1 rings (SSSR count). The van der Waals surface area contributed by atoms with Crippen LogP contribution in [-0.2, 0) is 0 Å². The summed E-state index contributed by atoms with van der Waals surface area (Å²) in [5.74, 6) is -0.623. The van der Waals surface area contributed by atoms with Crippen LogP contribution in [0.3, 0.4) is 0 Å². The van der Waals surface area contributed by atoms with Gasteiger partial charge in [-0.3, -0.25) is 0 Å². The highest BCUT2D eigenvalue weighted by Crippen LogP contribution is 2.32. The van der Waals surface area contributed by atoms with Crippen molar-refractivity contribution in [1.29, 1.82) is 0 Å². The third kappa shape index (κ3) is 2.14. The van der Waals surface area contributed by atoms with Gasteiger partial charge in [0.1, 0.15) is 11.3 Å². The van der Waals surface area contributed by atoms with Crippen LogP contribution in [0.25, 0.3) is 0 Å². The number of halogens is 2. The molecule has 3 nitrogen and oxygen atoms in total. The van der Waals surface area contributed by atoms with Gasteiger partial charge in [-0.15, -0.1) is 0 Å². The van der Waals surface area contributed by atoms with Gasteiger partial charge in [0, 0.05) is 3.57 Å². The average molecular weight is 357 g/mol. The molecule has 0 saturated carbocycles. The van der Waals surface area contributed by atoms with E-state index < -0.39 is 5.97 Å². The maximum absolute atomic E-state index is 10.8. The zero-order valence-corrected chi connectivity index (χ0v) is 10.4. The number of hydrogen-bond donors (Lipinski definition) is 1. The lowest BCUT2D eigenvalue weighted by molar-refractivity contribution is 0.0692. The van der Waals surface area contributed by atoms with Crippen LogP contribution in [0.15, 0.2) is 16.6 Å². The zero-order chi connectivity index (χ0) is 10.0. The lowest BCUT2D eigenvalue weighted by atomic mass is 10.2. The Labute approximate surface area is 97.4 Å². The fourth-order valence-corrected chi connectivity index (χ4v) is 2.08. The number of ether oxygens (including phenoxy) is 1. The third-order valence-corrected chi connectivity index (χ3v) is 3.00. The Hall–Kier alpha value is -0.300. The number of benzene rings is 1. The molecule has 0 bridgehead atoms. The fraction of sp³-hybridized carbons (Fsp3) is 0.125. The van der Waals surface area contributed by atoms with Gasteiger partial charge in [0.25, 0.3) is 0 Å². The molecule has 0 radical (unpaired) electrons. The van der Waals surface area contributed by atoms with E-state index in [1.165, 1.54) is 7.11 Å². The molecule has 0 unspecified atom stereocenters. The van der Waals surface area contributed by atoms with Crippen molar-refractivity contribution < 1.29 is 14.6 Å². The summed E-state index contributed by atoms with van der Waals surface area (Å²) in [6, 6.07) is 3.48. The Bertz CT molecular complexity index is 351. The molecule has 0 amide bonds. The molecule has 70 valence electrons. The first-order valence-electron chi connectivity index (χ1n) is 3.33. The second-order valence-electron chi connectivity index (χ2n) is 2.24. The molecular formula is C8H6BrIO3. The van der Waals surface area contributed by atoms with Crippen LogP contribution < -0.4 is 4.74 Å². The molecule has 0 fully saturated rings. The van der Waals surface area contributed by atoms with Gasteiger partial charge in [0.15, 0.2) is 0 Å². The number of aromatic carboxylic acids is 1. The van der Waals surface area contributed by atoms with Gasteiger partial charge >= 0.3 is 5.97 Å². The zero-order valence-electron chi connectivity index (χ0n) is 6.67. The highest BCUT2D eigenvalue weighted by atomic mass is 127. The topological polar surface area (TPSA) is 46.5 Å². The van der Waals surface area contributed by atoms with Crippen molar-refractivity contribution in [2.45, 2.75) is 0 Å². The van der Waals surface area contributed by atoms with E-state index in [1.807, 2.05) is 22.6 Å². The molecule has 5 heteroatoms. The lowest BCUT2D eigenvalue weighted by Gasteiger charge is -2.08. The summed E-state index contributed by atoms with van der Waals surface area (Å²) in [6.07, 6.45) is 0. The second-order valence-corrected chi connectivity index (χ2v) is 4.26. The van der Waals surface area contributed by atoms with Crippen molar-refractivity contribution in [3.05, 3.63) is 25.7 Å². The molecule has 0 aliphatic carbocycles. The summed E-state index contributed by atoms with van der Waals surface area (Å²) in [6.45, 7) is 0. The quantitative estimate of drug-likeness (QED) is 0.829. The fourth-order valence-electron chi connectivity index (χ4n) is 0.932. The van der Waals surface area contributed by atoms with Crippen molar-refractivity contribution in [3.63, 3.8) is 0 Å².